The summed E-state index contributed by atoms with van der Waals surface area (Å²) in [6.07, 6.45) is 4.73. The van der Waals surface area contributed by atoms with Crippen LogP contribution in [-0.2, 0) is 4.79 Å². The van der Waals surface area contributed by atoms with Crippen molar-refractivity contribution in [3.63, 3.8) is 0 Å². The van der Waals surface area contributed by atoms with Gasteiger partial charge in [0.15, 0.2) is 6.61 Å². The van der Waals surface area contributed by atoms with Crippen LogP contribution in [0.15, 0.2) is 18.2 Å². The third kappa shape index (κ3) is 3.38. The molecule has 2 fully saturated rings. The maximum absolute atomic E-state index is 12.7. The molecule has 1 saturated heterocycles. The minimum atomic E-state index is -0.186. The summed E-state index contributed by atoms with van der Waals surface area (Å²) in [7, 11) is 0. The Hall–Kier alpha value is -2.08. The van der Waals surface area contributed by atoms with Crippen LogP contribution in [0.3, 0.4) is 0 Å². The number of benzene rings is 1. The zero-order valence-electron chi connectivity index (χ0n) is 13.7. The number of nitrogens with one attached hydrogen (secondary N) is 2. The zero-order valence-corrected chi connectivity index (χ0v) is 13.7. The van der Waals surface area contributed by atoms with Crippen molar-refractivity contribution in [2.45, 2.75) is 31.7 Å². The predicted molar refractivity (Wildman–Crippen MR) is 90.2 cm³/mol. The van der Waals surface area contributed by atoms with Crippen LogP contribution >= 0.6 is 0 Å². The molecule has 1 aliphatic carbocycles. The van der Waals surface area contributed by atoms with Gasteiger partial charge in [0.1, 0.15) is 5.75 Å². The molecule has 6 nitrogen and oxygen atoms in total. The molecule has 0 spiro atoms. The molecule has 2 N–H and O–H groups in total. The summed E-state index contributed by atoms with van der Waals surface area (Å²) in [6, 6.07) is 5.78. The minimum absolute atomic E-state index is 0.0262. The SMILES string of the molecule is O=C1COc2ccc(C(=O)N3CCC(NCC4CC4)CC3)cc2N1. The third-order valence-electron chi connectivity index (χ3n) is 5.03. The van der Waals surface area contributed by atoms with Crippen molar-refractivity contribution in [2.24, 2.45) is 5.92 Å². The Kier molecular flexibility index (Phi) is 4.14. The second-order valence-electron chi connectivity index (χ2n) is 6.97. The largest absolute Gasteiger partial charge is 0.482 e. The number of nitrogens with zero attached hydrogens (tertiary/aromatic N) is 1. The molecule has 0 atom stereocenters. The molecule has 4 rings (SSSR count). The zero-order chi connectivity index (χ0) is 16.5. The highest BCUT2D eigenvalue weighted by molar-refractivity contribution is 5.99. The van der Waals surface area contributed by atoms with Gasteiger partial charge in [-0.1, -0.05) is 0 Å². The number of piperidine rings is 1. The Morgan fingerprint density at radius 2 is 2.04 bits per heavy atom. The Bertz CT molecular complexity index is 649. The normalized spacial score (nSPS) is 21.0. The molecule has 6 heteroatoms. The van der Waals surface area contributed by atoms with E-state index in [-0.39, 0.29) is 18.4 Å². The van der Waals surface area contributed by atoms with Gasteiger partial charge in [0, 0.05) is 24.7 Å². The van der Waals surface area contributed by atoms with E-state index in [9.17, 15) is 9.59 Å². The van der Waals surface area contributed by atoms with Gasteiger partial charge < -0.3 is 20.3 Å². The lowest BCUT2D eigenvalue weighted by Crippen LogP contribution is -2.45. The number of anilines is 1. The van der Waals surface area contributed by atoms with E-state index in [0.29, 0.717) is 23.0 Å². The lowest BCUT2D eigenvalue weighted by Gasteiger charge is -2.33. The molecule has 1 aromatic rings. The number of hydrogen-bond donors (Lipinski definition) is 2. The number of hydrogen-bond acceptors (Lipinski definition) is 4. The topological polar surface area (TPSA) is 70.7 Å². The van der Waals surface area contributed by atoms with Gasteiger partial charge in [-0.25, -0.2) is 0 Å². The van der Waals surface area contributed by atoms with Crippen LogP contribution in [0.2, 0.25) is 0 Å². The van der Waals surface area contributed by atoms with Gasteiger partial charge in [-0.2, -0.15) is 0 Å². The second kappa shape index (κ2) is 6.43. The molecule has 1 saturated carbocycles. The Balaban J connectivity index is 1.35. The van der Waals surface area contributed by atoms with E-state index in [0.717, 1.165) is 38.4 Å². The van der Waals surface area contributed by atoms with Gasteiger partial charge in [-0.05, 0) is 56.3 Å². The highest BCUT2D eigenvalue weighted by Crippen LogP contribution is 2.30. The number of likely N-dealkylation sites (tertiary alicyclic amines) is 1. The summed E-state index contributed by atoms with van der Waals surface area (Å²) < 4.78 is 5.34. The first-order chi connectivity index (χ1) is 11.7. The van der Waals surface area contributed by atoms with E-state index in [1.807, 2.05) is 4.90 Å². The fourth-order valence-electron chi connectivity index (χ4n) is 3.34. The van der Waals surface area contributed by atoms with Gasteiger partial charge in [0.05, 0.1) is 5.69 Å². The lowest BCUT2D eigenvalue weighted by atomic mass is 10.0. The standard InChI is InChI=1S/C18H23N3O3/c22-17-11-24-16-4-3-13(9-15(16)20-17)18(23)21-7-5-14(6-8-21)19-10-12-1-2-12/h3-4,9,12,14,19H,1-2,5-8,10-11H2,(H,20,22). The smallest absolute Gasteiger partial charge is 0.262 e. The van der Waals surface area contributed by atoms with Crippen LogP contribution in [0, 0.1) is 5.92 Å². The summed E-state index contributed by atoms with van der Waals surface area (Å²) in [4.78, 5) is 26.0. The van der Waals surface area contributed by atoms with Gasteiger partial charge in [0.25, 0.3) is 11.8 Å². The average Bonchev–Trinajstić information content (AvgIpc) is 3.43. The van der Waals surface area contributed by atoms with E-state index in [1.165, 1.54) is 12.8 Å². The number of carbonyl (C=O) groups excluding carboxylic acids is 2. The van der Waals surface area contributed by atoms with Gasteiger partial charge in [-0.15, -0.1) is 0 Å². The first kappa shape index (κ1) is 15.4. The summed E-state index contributed by atoms with van der Waals surface area (Å²) in [5, 5.41) is 6.38. The second-order valence-corrected chi connectivity index (χ2v) is 6.97. The Morgan fingerprint density at radius 1 is 1.25 bits per heavy atom. The molecule has 0 aromatic heterocycles. The molecule has 3 aliphatic rings. The van der Waals surface area contributed by atoms with E-state index >= 15 is 0 Å². The van der Waals surface area contributed by atoms with Crippen LogP contribution in [0.25, 0.3) is 0 Å². The summed E-state index contributed by atoms with van der Waals surface area (Å²) >= 11 is 0. The molecule has 0 unspecified atom stereocenters. The highest BCUT2D eigenvalue weighted by Gasteiger charge is 2.27. The van der Waals surface area contributed by atoms with E-state index < -0.39 is 0 Å². The third-order valence-corrected chi connectivity index (χ3v) is 5.03. The van der Waals surface area contributed by atoms with Crippen LogP contribution < -0.4 is 15.4 Å². The van der Waals surface area contributed by atoms with Gasteiger partial charge >= 0.3 is 0 Å². The molecule has 1 aromatic carbocycles. The van der Waals surface area contributed by atoms with Gasteiger partial charge in [0.2, 0.25) is 0 Å². The van der Waals surface area contributed by atoms with Crippen molar-refractivity contribution in [2.75, 3.05) is 31.6 Å². The Morgan fingerprint density at radius 3 is 2.79 bits per heavy atom. The van der Waals surface area contributed by atoms with Crippen molar-refractivity contribution in [3.8, 4) is 5.75 Å². The van der Waals surface area contributed by atoms with Crippen molar-refractivity contribution < 1.29 is 14.3 Å². The molecule has 2 heterocycles. The molecular formula is C18H23N3O3. The monoisotopic (exact) mass is 329 g/mol. The quantitative estimate of drug-likeness (QED) is 0.881. The molecule has 0 radical (unpaired) electrons. The maximum atomic E-state index is 12.7. The summed E-state index contributed by atoms with van der Waals surface area (Å²) in [5.74, 6) is 1.35. The van der Waals surface area contributed by atoms with E-state index in [1.54, 1.807) is 18.2 Å². The fraction of sp³-hybridized carbons (Fsp3) is 0.556. The predicted octanol–water partition coefficient (Wildman–Crippen LogP) is 1.62. The summed E-state index contributed by atoms with van der Waals surface area (Å²) in [6.45, 7) is 2.72. The van der Waals surface area contributed by atoms with Crippen LogP contribution in [-0.4, -0.2) is 49.0 Å². The lowest BCUT2D eigenvalue weighted by molar-refractivity contribution is -0.118. The Labute approximate surface area is 141 Å². The maximum Gasteiger partial charge on any atom is 0.262 e. The van der Waals surface area contributed by atoms with Crippen LogP contribution in [0.4, 0.5) is 5.69 Å². The number of carbonyl (C=O) groups is 2. The van der Waals surface area contributed by atoms with Crippen molar-refractivity contribution in [1.29, 1.82) is 0 Å². The minimum Gasteiger partial charge on any atom is -0.482 e. The van der Waals surface area contributed by atoms with E-state index in [4.69, 9.17) is 4.74 Å². The van der Waals surface area contributed by atoms with Crippen LogP contribution in [0.5, 0.6) is 5.75 Å². The molecule has 2 aliphatic heterocycles. The van der Waals surface area contributed by atoms with Crippen molar-refractivity contribution in [3.05, 3.63) is 23.8 Å². The summed E-state index contributed by atoms with van der Waals surface area (Å²) in [5.41, 5.74) is 1.18. The molecule has 24 heavy (non-hydrogen) atoms. The first-order valence-corrected chi connectivity index (χ1v) is 8.78. The molecule has 128 valence electrons. The van der Waals surface area contributed by atoms with Crippen LogP contribution in [0.1, 0.15) is 36.0 Å². The molecular weight excluding hydrogens is 306 g/mol. The number of fused-ring (bicyclic) bond motifs is 1. The first-order valence-electron chi connectivity index (χ1n) is 8.78. The fourth-order valence-corrected chi connectivity index (χ4v) is 3.34. The number of ether oxygens (including phenoxy) is 1. The number of amides is 2. The van der Waals surface area contributed by atoms with Crippen molar-refractivity contribution >= 4 is 17.5 Å². The van der Waals surface area contributed by atoms with E-state index in [2.05, 4.69) is 10.6 Å². The molecule has 0 bridgehead atoms. The van der Waals surface area contributed by atoms with Crippen molar-refractivity contribution in [1.82, 2.24) is 10.2 Å². The number of rotatable bonds is 4. The highest BCUT2D eigenvalue weighted by atomic mass is 16.5. The molecule has 2 amide bonds. The van der Waals surface area contributed by atoms with Gasteiger partial charge in [-0.3, -0.25) is 9.59 Å². The average molecular weight is 329 g/mol.